The van der Waals surface area contributed by atoms with Gasteiger partial charge in [0.15, 0.2) is 0 Å². The van der Waals surface area contributed by atoms with Gasteiger partial charge in [0.05, 0.1) is 25.1 Å². The quantitative estimate of drug-likeness (QED) is 0.273. The third-order valence-electron chi connectivity index (χ3n) is 6.06. The molecule has 1 aliphatic heterocycles. The second kappa shape index (κ2) is 20.1. The van der Waals surface area contributed by atoms with Crippen molar-refractivity contribution in [3.8, 4) is 0 Å². The van der Waals surface area contributed by atoms with Gasteiger partial charge in [-0.3, -0.25) is 4.79 Å². The molecule has 2 N–H and O–H groups in total. The van der Waals surface area contributed by atoms with Crippen molar-refractivity contribution in [2.45, 2.75) is 79.4 Å². The van der Waals surface area contributed by atoms with E-state index < -0.39 is 6.10 Å². The summed E-state index contributed by atoms with van der Waals surface area (Å²) in [4.78, 5) is 14.0. The summed E-state index contributed by atoms with van der Waals surface area (Å²) >= 11 is 0. The number of carbonyl (C=O) groups excluding carboxylic acids is 1. The average molecular weight is 530 g/mol. The van der Waals surface area contributed by atoms with Gasteiger partial charge in [-0.2, -0.15) is 0 Å². The van der Waals surface area contributed by atoms with Gasteiger partial charge in [-0.05, 0) is 76.3 Å². The summed E-state index contributed by atoms with van der Waals surface area (Å²) in [5.74, 6) is 1.18. The van der Waals surface area contributed by atoms with Gasteiger partial charge < -0.3 is 19.8 Å². The molecule has 212 valence electrons. The van der Waals surface area contributed by atoms with E-state index in [4.69, 9.17) is 9.84 Å². The lowest BCUT2D eigenvalue weighted by Gasteiger charge is -2.17. The predicted octanol–water partition coefficient (Wildman–Crippen LogP) is 7.61. The number of aliphatic hydroxyl groups is 2. The fraction of sp³-hybridized carbons (Fsp3) is 0.469. The molecular formula is C32H48FNO4. The van der Waals surface area contributed by atoms with Crippen LogP contribution in [0.15, 0.2) is 78.6 Å². The molecule has 0 radical (unpaired) electrons. The minimum absolute atomic E-state index is 0.172. The van der Waals surface area contributed by atoms with E-state index in [0.29, 0.717) is 18.8 Å². The Hall–Kier alpha value is -2.96. The first-order valence-electron chi connectivity index (χ1n) is 13.4. The first kappa shape index (κ1) is 35.0. The summed E-state index contributed by atoms with van der Waals surface area (Å²) in [6.07, 6.45) is 3.95. The molecule has 1 fully saturated rings. The highest BCUT2D eigenvalue weighted by molar-refractivity contribution is 5.95. The Labute approximate surface area is 229 Å². The fourth-order valence-electron chi connectivity index (χ4n) is 3.40. The molecule has 0 spiro atoms. The lowest BCUT2D eigenvalue weighted by molar-refractivity contribution is -0.117. The Kier molecular flexibility index (Phi) is 18.5. The Morgan fingerprint density at radius 1 is 1.13 bits per heavy atom. The van der Waals surface area contributed by atoms with E-state index in [-0.39, 0.29) is 17.8 Å². The highest BCUT2D eigenvalue weighted by Gasteiger charge is 2.30. The summed E-state index contributed by atoms with van der Waals surface area (Å²) in [6, 6.07) is 15.7. The van der Waals surface area contributed by atoms with Crippen LogP contribution in [0.25, 0.3) is 0 Å². The minimum atomic E-state index is -0.576. The van der Waals surface area contributed by atoms with Crippen molar-refractivity contribution in [2.24, 2.45) is 5.92 Å². The molecule has 5 nitrogen and oxygen atoms in total. The molecule has 1 amide bonds. The van der Waals surface area contributed by atoms with Crippen molar-refractivity contribution in [1.29, 1.82) is 0 Å². The van der Waals surface area contributed by atoms with E-state index in [1.165, 1.54) is 12.1 Å². The molecule has 1 saturated heterocycles. The van der Waals surface area contributed by atoms with E-state index in [1.54, 1.807) is 33.1 Å². The number of carbonyl (C=O) groups is 1. The number of anilines is 1. The van der Waals surface area contributed by atoms with Crippen molar-refractivity contribution in [3.63, 3.8) is 0 Å². The summed E-state index contributed by atoms with van der Waals surface area (Å²) in [5, 5.41) is 18.7. The average Bonchev–Trinajstić information content (AvgIpc) is 3.30. The van der Waals surface area contributed by atoms with Gasteiger partial charge in [0, 0.05) is 18.7 Å². The topological polar surface area (TPSA) is 70.0 Å². The van der Waals surface area contributed by atoms with Crippen molar-refractivity contribution >= 4 is 11.6 Å². The third-order valence-corrected chi connectivity index (χ3v) is 6.06. The smallest absolute Gasteiger partial charge is 0.227 e. The Balaban J connectivity index is 0.000000813. The zero-order chi connectivity index (χ0) is 29.1. The largest absolute Gasteiger partial charge is 0.502 e. The molecule has 6 heteroatoms. The van der Waals surface area contributed by atoms with Crippen LogP contribution in [0.2, 0.25) is 0 Å². The van der Waals surface area contributed by atoms with Gasteiger partial charge in [-0.15, -0.1) is 0 Å². The zero-order valence-corrected chi connectivity index (χ0v) is 24.3. The molecule has 0 aromatic heterocycles. The second-order valence-corrected chi connectivity index (χ2v) is 9.03. The van der Waals surface area contributed by atoms with E-state index >= 15 is 0 Å². The van der Waals surface area contributed by atoms with Crippen molar-refractivity contribution in [2.75, 3.05) is 18.6 Å². The number of allylic oxidation sites excluding steroid dienone is 2. The van der Waals surface area contributed by atoms with Crippen LogP contribution in [0, 0.1) is 11.7 Å². The van der Waals surface area contributed by atoms with Crippen LogP contribution in [0.5, 0.6) is 0 Å². The van der Waals surface area contributed by atoms with Crippen LogP contribution in [-0.4, -0.2) is 35.9 Å². The van der Waals surface area contributed by atoms with Gasteiger partial charge >= 0.3 is 0 Å². The van der Waals surface area contributed by atoms with Crippen molar-refractivity contribution in [1.82, 2.24) is 0 Å². The molecule has 0 bridgehead atoms. The molecule has 1 heterocycles. The van der Waals surface area contributed by atoms with Gasteiger partial charge in [0.2, 0.25) is 5.91 Å². The first-order valence-corrected chi connectivity index (χ1v) is 13.4. The zero-order valence-electron chi connectivity index (χ0n) is 24.3. The first-order chi connectivity index (χ1) is 18.1. The van der Waals surface area contributed by atoms with Gasteiger partial charge in [-0.1, -0.05) is 68.8 Å². The summed E-state index contributed by atoms with van der Waals surface area (Å²) < 4.78 is 17.7. The van der Waals surface area contributed by atoms with E-state index in [9.17, 15) is 14.3 Å². The number of methoxy groups -OCH3 is 1. The maximum Gasteiger partial charge on any atom is 0.227 e. The van der Waals surface area contributed by atoms with Crippen LogP contribution in [0.1, 0.15) is 78.9 Å². The molecule has 3 rings (SSSR count). The highest BCUT2D eigenvalue weighted by Crippen LogP contribution is 2.29. The molecule has 2 aromatic carbocycles. The third kappa shape index (κ3) is 14.1. The summed E-state index contributed by atoms with van der Waals surface area (Å²) in [6.45, 7) is 15.6. The van der Waals surface area contributed by atoms with Gasteiger partial charge in [0.25, 0.3) is 0 Å². The number of amides is 1. The second-order valence-electron chi connectivity index (χ2n) is 9.03. The van der Waals surface area contributed by atoms with Gasteiger partial charge in [-0.25, -0.2) is 4.39 Å². The summed E-state index contributed by atoms with van der Waals surface area (Å²) in [5.41, 5.74) is 2.51. The van der Waals surface area contributed by atoms with E-state index in [2.05, 4.69) is 6.58 Å². The monoisotopic (exact) mass is 529 g/mol. The number of rotatable bonds is 8. The number of hydrogen-bond acceptors (Lipinski definition) is 4. The fourth-order valence-corrected chi connectivity index (χ4v) is 3.40. The number of nitrogens with zero attached hydrogens (tertiary/aromatic N) is 1. The standard InChI is InChI=1S/C20H22FNO2.2C5H10O.C2H6/c21-17-11-9-16(10-12-17)19(23)8-4-5-15-13-20(24)22(14-15)18-6-2-1-3-7-18;1-4-5(2)6-3;1-4(2)5(3)6;1-2/h1-3,6-7,9-12,15,19,23H,4-5,8,13-14H2;4H,1-3H3;5-6H,1H2,2-3H3;1-2H3/b;5-4+;;/t15-,19+;;;/m0.../s1. The van der Waals surface area contributed by atoms with E-state index in [0.717, 1.165) is 42.0 Å². The number of ether oxygens (including phenoxy) is 1. The number of halogens is 1. The Morgan fingerprint density at radius 2 is 1.68 bits per heavy atom. The van der Waals surface area contributed by atoms with Gasteiger partial charge in [0.1, 0.15) is 5.82 Å². The molecule has 1 unspecified atom stereocenters. The van der Waals surface area contributed by atoms with Crippen LogP contribution in [-0.2, 0) is 9.53 Å². The molecule has 3 atom stereocenters. The maximum atomic E-state index is 12.9. The van der Waals surface area contributed by atoms with Crippen molar-refractivity contribution < 1.29 is 24.1 Å². The van der Waals surface area contributed by atoms with Crippen molar-refractivity contribution in [3.05, 3.63) is 90.0 Å². The lowest BCUT2D eigenvalue weighted by atomic mass is 9.97. The molecule has 38 heavy (non-hydrogen) atoms. The molecule has 2 aromatic rings. The predicted molar refractivity (Wildman–Crippen MR) is 156 cm³/mol. The molecule has 0 aliphatic carbocycles. The highest BCUT2D eigenvalue weighted by atomic mass is 19.1. The van der Waals surface area contributed by atoms with E-state index in [1.807, 2.05) is 69.0 Å². The maximum absolute atomic E-state index is 12.9. The number of aliphatic hydroxyl groups excluding tert-OH is 2. The Morgan fingerprint density at radius 3 is 2.13 bits per heavy atom. The van der Waals surface area contributed by atoms with Crippen LogP contribution >= 0.6 is 0 Å². The summed E-state index contributed by atoms with van der Waals surface area (Å²) in [7, 11) is 1.66. The number of hydrogen-bond donors (Lipinski definition) is 2. The Bertz CT molecular complexity index is 942. The molecular weight excluding hydrogens is 481 g/mol. The van der Waals surface area contributed by atoms with Crippen LogP contribution < -0.4 is 4.90 Å². The SMILES string of the molecule is C/C=C(\C)OC.C=C(C)C(C)O.CC.O=C1C[C@H](CCC[C@@H](O)c2ccc(F)cc2)CN1c1ccccc1. The minimum Gasteiger partial charge on any atom is -0.502 e. The van der Waals surface area contributed by atoms with Crippen LogP contribution in [0.3, 0.4) is 0 Å². The van der Waals surface area contributed by atoms with Crippen LogP contribution in [0.4, 0.5) is 10.1 Å². The molecule has 1 aliphatic rings. The lowest BCUT2D eigenvalue weighted by Crippen LogP contribution is -2.24. The number of para-hydroxylation sites is 1. The number of benzene rings is 2. The normalized spacial score (nSPS) is 16.1. The molecule has 0 saturated carbocycles.